The Morgan fingerprint density at radius 2 is 2.12 bits per heavy atom. The maximum Gasteiger partial charge on any atom is 0.264 e. The van der Waals surface area contributed by atoms with E-state index in [4.69, 9.17) is 16.1 Å². The highest BCUT2D eigenvalue weighted by molar-refractivity contribution is 6.37. The predicted octanol–water partition coefficient (Wildman–Crippen LogP) is 4.80. The largest absolute Gasteiger partial charge is 0.360 e. The van der Waals surface area contributed by atoms with Gasteiger partial charge in [-0.15, -0.1) is 0 Å². The Hall–Kier alpha value is -3.26. The second kappa shape index (κ2) is 8.59. The van der Waals surface area contributed by atoms with Gasteiger partial charge in [0, 0.05) is 24.2 Å². The lowest BCUT2D eigenvalue weighted by molar-refractivity contribution is 0.0935. The van der Waals surface area contributed by atoms with E-state index < -0.39 is 11.9 Å². The van der Waals surface area contributed by atoms with Crippen LogP contribution < -0.4 is 10.9 Å². The van der Waals surface area contributed by atoms with Crippen LogP contribution in [0.15, 0.2) is 45.8 Å². The molecule has 3 aromatic heterocycles. The molecule has 1 aliphatic carbocycles. The van der Waals surface area contributed by atoms with Gasteiger partial charge in [0.25, 0.3) is 11.5 Å². The summed E-state index contributed by atoms with van der Waals surface area (Å²) >= 11 is 6.51. The van der Waals surface area contributed by atoms with E-state index >= 15 is 0 Å². The average Bonchev–Trinajstić information content (AvgIpc) is 3.20. The van der Waals surface area contributed by atoms with Gasteiger partial charge >= 0.3 is 0 Å². The molecule has 33 heavy (non-hydrogen) atoms. The lowest BCUT2D eigenvalue weighted by Crippen LogP contribution is -2.35. The number of benzene rings is 1. The van der Waals surface area contributed by atoms with E-state index in [-0.39, 0.29) is 23.1 Å². The monoisotopic (exact) mass is 468 g/mol. The molecule has 1 aliphatic rings. The van der Waals surface area contributed by atoms with Crippen LogP contribution in [0.25, 0.3) is 21.8 Å². The van der Waals surface area contributed by atoms with Crippen molar-refractivity contribution in [1.82, 2.24) is 20.0 Å². The van der Waals surface area contributed by atoms with Gasteiger partial charge in [0.05, 0.1) is 16.1 Å². The van der Waals surface area contributed by atoms with Crippen molar-refractivity contribution in [3.8, 4) is 0 Å². The van der Waals surface area contributed by atoms with E-state index in [1.807, 2.05) is 16.7 Å². The normalized spacial score (nSPS) is 18.6. The minimum absolute atomic E-state index is 0.0667. The first kappa shape index (κ1) is 21.6. The van der Waals surface area contributed by atoms with E-state index in [9.17, 15) is 14.0 Å². The van der Waals surface area contributed by atoms with E-state index in [2.05, 4.69) is 15.5 Å². The highest BCUT2D eigenvalue weighted by Gasteiger charge is 2.28. The quantitative estimate of drug-likeness (QED) is 0.434. The first-order valence-electron chi connectivity index (χ1n) is 10.9. The van der Waals surface area contributed by atoms with Gasteiger partial charge in [0.15, 0.2) is 0 Å². The number of pyridine rings is 2. The Bertz CT molecular complexity index is 1430. The maximum atomic E-state index is 13.8. The number of amides is 1. The van der Waals surface area contributed by atoms with Crippen molar-refractivity contribution < 1.29 is 13.7 Å². The number of nitrogens with zero attached hydrogens (tertiary/aromatic N) is 3. The molecule has 7 nitrogen and oxygen atoms in total. The standard InChI is InChI=1S/C24H22ClFN4O3/c1-13-19-21(29-33-13)20-17(25)8-3-9-18(20)30(24(19)32)15-6-2-5-14(11-15)12-28-23(31)16-7-4-10-27-22(16)26/h3-4,7-10,14-15H,2,5-6,11-12H2,1H3,(H,28,31)/t14-,15+/m1/s1. The Morgan fingerprint density at radius 3 is 2.94 bits per heavy atom. The average molecular weight is 469 g/mol. The van der Waals surface area contributed by atoms with Gasteiger partial charge in [-0.05, 0) is 56.4 Å². The van der Waals surface area contributed by atoms with Crippen molar-refractivity contribution in [3.63, 3.8) is 0 Å². The van der Waals surface area contributed by atoms with Crippen LogP contribution in [-0.2, 0) is 0 Å². The number of fused-ring (bicyclic) bond motifs is 3. The van der Waals surface area contributed by atoms with Crippen LogP contribution in [-0.4, -0.2) is 27.2 Å². The molecule has 1 amide bonds. The first-order chi connectivity index (χ1) is 16.0. The number of hydrogen-bond donors (Lipinski definition) is 1. The van der Waals surface area contributed by atoms with Crippen molar-refractivity contribution in [1.29, 1.82) is 0 Å². The summed E-state index contributed by atoms with van der Waals surface area (Å²) in [6.07, 6.45) is 4.66. The molecular weight excluding hydrogens is 447 g/mol. The van der Waals surface area contributed by atoms with Crippen LogP contribution in [0, 0.1) is 18.8 Å². The molecule has 9 heteroatoms. The van der Waals surface area contributed by atoms with Crippen molar-refractivity contribution in [2.75, 3.05) is 6.54 Å². The van der Waals surface area contributed by atoms with Gasteiger partial charge in [-0.3, -0.25) is 9.59 Å². The second-order valence-electron chi connectivity index (χ2n) is 8.51. The maximum absolute atomic E-state index is 13.8. The Morgan fingerprint density at radius 1 is 1.27 bits per heavy atom. The van der Waals surface area contributed by atoms with Crippen molar-refractivity contribution in [2.24, 2.45) is 5.92 Å². The predicted molar refractivity (Wildman–Crippen MR) is 123 cm³/mol. The summed E-state index contributed by atoms with van der Waals surface area (Å²) in [5.41, 5.74) is 0.980. The topological polar surface area (TPSA) is 90.0 Å². The zero-order chi connectivity index (χ0) is 23.1. The summed E-state index contributed by atoms with van der Waals surface area (Å²) < 4.78 is 21.0. The molecule has 0 unspecified atom stereocenters. The second-order valence-corrected chi connectivity index (χ2v) is 8.92. The zero-order valence-electron chi connectivity index (χ0n) is 18.0. The summed E-state index contributed by atoms with van der Waals surface area (Å²) in [5, 5.41) is 8.58. The summed E-state index contributed by atoms with van der Waals surface area (Å²) in [4.78, 5) is 29.5. The summed E-state index contributed by atoms with van der Waals surface area (Å²) in [7, 11) is 0. The molecule has 0 aliphatic heterocycles. The van der Waals surface area contributed by atoms with E-state index in [0.29, 0.717) is 40.0 Å². The number of aryl methyl sites for hydroxylation is 1. The van der Waals surface area contributed by atoms with Gasteiger partial charge in [0.2, 0.25) is 5.95 Å². The number of carbonyl (C=O) groups excluding carboxylic acids is 1. The number of halogens is 2. The minimum atomic E-state index is -0.788. The zero-order valence-corrected chi connectivity index (χ0v) is 18.7. The van der Waals surface area contributed by atoms with Crippen molar-refractivity contribution in [3.05, 3.63) is 69.2 Å². The van der Waals surface area contributed by atoms with Crippen molar-refractivity contribution >= 4 is 39.3 Å². The summed E-state index contributed by atoms with van der Waals surface area (Å²) in [6.45, 7) is 2.12. The number of nitrogens with one attached hydrogen (secondary N) is 1. The van der Waals surface area contributed by atoms with Gasteiger partial charge < -0.3 is 14.4 Å². The Labute approximate surface area is 193 Å². The van der Waals surface area contributed by atoms with Crippen LogP contribution in [0.5, 0.6) is 0 Å². The molecule has 1 saturated carbocycles. The highest BCUT2D eigenvalue weighted by Crippen LogP contribution is 2.36. The molecule has 0 spiro atoms. The van der Waals surface area contributed by atoms with Crippen LogP contribution in [0.4, 0.5) is 4.39 Å². The molecule has 170 valence electrons. The number of carbonyl (C=O) groups is 1. The molecule has 2 atom stereocenters. The minimum Gasteiger partial charge on any atom is -0.360 e. The van der Waals surface area contributed by atoms with Gasteiger partial charge in [-0.2, -0.15) is 4.39 Å². The lowest BCUT2D eigenvalue weighted by Gasteiger charge is -2.31. The first-order valence-corrected chi connectivity index (χ1v) is 11.3. The molecule has 4 aromatic rings. The highest BCUT2D eigenvalue weighted by atomic mass is 35.5. The Kier molecular flexibility index (Phi) is 5.62. The molecule has 1 fully saturated rings. The number of rotatable bonds is 4. The third-order valence-electron chi connectivity index (χ3n) is 6.46. The lowest BCUT2D eigenvalue weighted by atomic mass is 9.85. The molecule has 3 heterocycles. The Balaban J connectivity index is 1.45. The molecule has 1 N–H and O–H groups in total. The molecule has 0 radical (unpaired) electrons. The van der Waals surface area contributed by atoms with E-state index in [1.165, 1.54) is 18.3 Å². The van der Waals surface area contributed by atoms with Crippen LogP contribution in [0.1, 0.15) is 47.8 Å². The van der Waals surface area contributed by atoms with E-state index in [0.717, 1.165) is 24.8 Å². The molecule has 0 bridgehead atoms. The fourth-order valence-electron chi connectivity index (χ4n) is 4.91. The third kappa shape index (κ3) is 3.78. The van der Waals surface area contributed by atoms with Gasteiger partial charge in [0.1, 0.15) is 16.7 Å². The van der Waals surface area contributed by atoms with Crippen molar-refractivity contribution in [2.45, 2.75) is 38.6 Å². The van der Waals surface area contributed by atoms with Gasteiger partial charge in [-0.1, -0.05) is 29.2 Å². The number of aromatic nitrogens is 3. The SMILES string of the molecule is Cc1onc2c1c(=O)n([C@H]1CCC[C@@H](CNC(=O)c3cccnc3F)C1)c1cccc(Cl)c21. The molecule has 0 saturated heterocycles. The summed E-state index contributed by atoms with van der Waals surface area (Å²) in [6, 6.07) is 8.35. The van der Waals surface area contributed by atoms with Crippen LogP contribution in [0.3, 0.4) is 0 Å². The fraction of sp³-hybridized carbons (Fsp3) is 0.333. The van der Waals surface area contributed by atoms with E-state index in [1.54, 1.807) is 13.0 Å². The van der Waals surface area contributed by atoms with Crippen LogP contribution in [0.2, 0.25) is 5.02 Å². The molecular formula is C24H22ClFN4O3. The smallest absolute Gasteiger partial charge is 0.264 e. The fourth-order valence-corrected chi connectivity index (χ4v) is 5.16. The molecule has 5 rings (SSSR count). The third-order valence-corrected chi connectivity index (χ3v) is 6.77. The summed E-state index contributed by atoms with van der Waals surface area (Å²) in [5.74, 6) is -0.668. The van der Waals surface area contributed by atoms with Gasteiger partial charge in [-0.25, -0.2) is 4.98 Å². The van der Waals surface area contributed by atoms with Crippen LogP contribution >= 0.6 is 11.6 Å². The molecule has 1 aromatic carbocycles. The number of hydrogen-bond acceptors (Lipinski definition) is 5.